The Morgan fingerprint density at radius 3 is 2.65 bits per heavy atom. The van der Waals surface area contributed by atoms with Crippen LogP contribution in [-0.4, -0.2) is 31.8 Å². The predicted molar refractivity (Wildman–Crippen MR) is 90.0 cm³/mol. The minimum atomic E-state index is -0.192. The maximum atomic E-state index is 13.2. The number of halogens is 1. The minimum Gasteiger partial charge on any atom is -0.376 e. The summed E-state index contributed by atoms with van der Waals surface area (Å²) in [6, 6.07) is 6.87. The third-order valence-electron chi connectivity index (χ3n) is 5.10. The van der Waals surface area contributed by atoms with Gasteiger partial charge in [0.1, 0.15) is 5.82 Å². The monoisotopic (exact) mass is 319 g/mol. The van der Waals surface area contributed by atoms with Crippen LogP contribution >= 0.6 is 0 Å². The Hall–Kier alpha value is -1.62. The van der Waals surface area contributed by atoms with Crippen LogP contribution in [0.2, 0.25) is 0 Å². The van der Waals surface area contributed by atoms with Crippen LogP contribution in [0.5, 0.6) is 0 Å². The first-order valence-electron chi connectivity index (χ1n) is 8.59. The third-order valence-corrected chi connectivity index (χ3v) is 5.10. The number of rotatable bonds is 5. The van der Waals surface area contributed by atoms with Crippen molar-refractivity contribution in [1.82, 2.24) is 5.32 Å². The minimum absolute atomic E-state index is 0.00383. The lowest BCUT2D eigenvalue weighted by Gasteiger charge is -2.28. The molecule has 1 unspecified atom stereocenters. The van der Waals surface area contributed by atoms with Crippen molar-refractivity contribution in [3.05, 3.63) is 35.6 Å². The van der Waals surface area contributed by atoms with Gasteiger partial charge in [0, 0.05) is 18.6 Å². The number of hydrogen-bond donors (Lipinski definition) is 2. The van der Waals surface area contributed by atoms with Crippen LogP contribution in [0.4, 0.5) is 4.39 Å². The van der Waals surface area contributed by atoms with Crippen LogP contribution in [0.25, 0.3) is 0 Å². The summed E-state index contributed by atoms with van der Waals surface area (Å²) in [5, 5.41) is 3.17. The van der Waals surface area contributed by atoms with Crippen molar-refractivity contribution in [3.63, 3.8) is 0 Å². The van der Waals surface area contributed by atoms with E-state index >= 15 is 0 Å². The highest BCUT2D eigenvalue weighted by Gasteiger charge is 2.35. The predicted octanol–water partition coefficient (Wildman–Crippen LogP) is 2.72. The summed E-state index contributed by atoms with van der Waals surface area (Å²) in [4.78, 5) is 4.57. The summed E-state index contributed by atoms with van der Waals surface area (Å²) in [5.74, 6) is 0.289. The van der Waals surface area contributed by atoms with E-state index < -0.39 is 0 Å². The van der Waals surface area contributed by atoms with E-state index in [0.717, 1.165) is 38.8 Å². The van der Waals surface area contributed by atoms with Crippen molar-refractivity contribution >= 4 is 5.96 Å². The number of nitrogens with one attached hydrogen (secondary N) is 1. The number of hydrogen-bond acceptors (Lipinski definition) is 2. The molecule has 0 radical (unpaired) electrons. The first kappa shape index (κ1) is 16.2. The Bertz CT molecular complexity index is 532. The molecule has 3 rings (SSSR count). The van der Waals surface area contributed by atoms with Gasteiger partial charge < -0.3 is 15.8 Å². The Morgan fingerprint density at radius 1 is 1.26 bits per heavy atom. The quantitative estimate of drug-likeness (QED) is 0.648. The van der Waals surface area contributed by atoms with Crippen molar-refractivity contribution in [1.29, 1.82) is 0 Å². The lowest BCUT2D eigenvalue weighted by atomic mass is 9.79. The van der Waals surface area contributed by atoms with Gasteiger partial charge in [-0.25, -0.2) is 4.39 Å². The Kier molecular flexibility index (Phi) is 5.16. The standard InChI is InChI=1S/C18H26FN3O/c19-15-7-5-14(6-8-15)18(9-1-2-10-18)13-22-17(20)21-12-16-4-3-11-23-16/h5-8,16H,1-4,9-13H2,(H3,20,21,22). The summed E-state index contributed by atoms with van der Waals surface area (Å²) in [6.07, 6.45) is 7.01. The van der Waals surface area contributed by atoms with Gasteiger partial charge in [-0.05, 0) is 43.4 Å². The number of nitrogens with two attached hydrogens (primary N) is 1. The smallest absolute Gasteiger partial charge is 0.188 e. The maximum Gasteiger partial charge on any atom is 0.188 e. The van der Waals surface area contributed by atoms with E-state index in [1.54, 1.807) is 0 Å². The van der Waals surface area contributed by atoms with Crippen LogP contribution in [0, 0.1) is 5.82 Å². The molecule has 0 spiro atoms. The summed E-state index contributed by atoms with van der Waals surface area (Å²) in [7, 11) is 0. The van der Waals surface area contributed by atoms with Crippen molar-refractivity contribution < 1.29 is 9.13 Å². The lowest BCUT2D eigenvalue weighted by Crippen LogP contribution is -2.38. The second kappa shape index (κ2) is 7.30. The highest BCUT2D eigenvalue weighted by molar-refractivity contribution is 5.77. The zero-order chi connectivity index (χ0) is 16.1. The fraction of sp³-hybridized carbons (Fsp3) is 0.611. The molecule has 2 fully saturated rings. The molecule has 1 saturated heterocycles. The summed E-state index contributed by atoms with van der Waals surface area (Å²) in [6.45, 7) is 2.22. The highest BCUT2D eigenvalue weighted by atomic mass is 19.1. The van der Waals surface area contributed by atoms with Gasteiger partial charge in [-0.1, -0.05) is 25.0 Å². The molecular weight excluding hydrogens is 293 g/mol. The van der Waals surface area contributed by atoms with Crippen LogP contribution in [0.1, 0.15) is 44.1 Å². The van der Waals surface area contributed by atoms with Crippen molar-refractivity contribution in [2.75, 3.05) is 19.7 Å². The van der Waals surface area contributed by atoms with Crippen molar-refractivity contribution in [2.45, 2.75) is 50.0 Å². The number of benzene rings is 1. The van der Waals surface area contributed by atoms with Gasteiger partial charge >= 0.3 is 0 Å². The highest BCUT2D eigenvalue weighted by Crippen LogP contribution is 2.41. The summed E-state index contributed by atoms with van der Waals surface area (Å²) < 4.78 is 18.8. The van der Waals surface area contributed by atoms with Crippen LogP contribution in [0.3, 0.4) is 0 Å². The fourth-order valence-electron chi connectivity index (χ4n) is 3.71. The molecule has 1 aromatic carbocycles. The molecule has 3 N–H and O–H groups in total. The molecule has 0 aromatic heterocycles. The Labute approximate surface area is 137 Å². The molecule has 4 nitrogen and oxygen atoms in total. The Morgan fingerprint density at radius 2 is 2.00 bits per heavy atom. The van der Waals surface area contributed by atoms with Crippen LogP contribution < -0.4 is 11.1 Å². The van der Waals surface area contributed by atoms with Gasteiger partial charge in [0.2, 0.25) is 0 Å². The van der Waals surface area contributed by atoms with E-state index in [9.17, 15) is 4.39 Å². The molecule has 1 heterocycles. The molecule has 23 heavy (non-hydrogen) atoms. The SMILES string of the molecule is NC(=NCC1(c2ccc(F)cc2)CCCC1)NCC1CCCO1. The van der Waals surface area contributed by atoms with E-state index in [4.69, 9.17) is 10.5 Å². The van der Waals surface area contributed by atoms with Crippen LogP contribution in [0.15, 0.2) is 29.3 Å². The molecule has 1 atom stereocenters. The number of nitrogens with zero attached hydrogens (tertiary/aromatic N) is 1. The lowest BCUT2D eigenvalue weighted by molar-refractivity contribution is 0.114. The molecule has 1 aliphatic heterocycles. The van der Waals surface area contributed by atoms with Crippen molar-refractivity contribution in [2.24, 2.45) is 10.7 Å². The molecule has 2 aliphatic rings. The molecule has 1 aromatic rings. The molecular formula is C18H26FN3O. The second-order valence-corrected chi connectivity index (χ2v) is 6.71. The van der Waals surface area contributed by atoms with Crippen LogP contribution in [-0.2, 0) is 10.2 Å². The first-order chi connectivity index (χ1) is 11.2. The zero-order valence-electron chi connectivity index (χ0n) is 13.6. The topological polar surface area (TPSA) is 59.6 Å². The van der Waals surface area contributed by atoms with E-state index in [2.05, 4.69) is 10.3 Å². The van der Waals surface area contributed by atoms with Gasteiger partial charge in [-0.3, -0.25) is 4.99 Å². The fourth-order valence-corrected chi connectivity index (χ4v) is 3.71. The van der Waals surface area contributed by atoms with Gasteiger partial charge in [-0.2, -0.15) is 0 Å². The molecule has 1 saturated carbocycles. The number of guanidine groups is 1. The second-order valence-electron chi connectivity index (χ2n) is 6.71. The molecule has 0 bridgehead atoms. The van der Waals surface area contributed by atoms with E-state index in [1.807, 2.05) is 12.1 Å². The number of aliphatic imine (C=N–C) groups is 1. The van der Waals surface area contributed by atoms with Gasteiger partial charge in [0.05, 0.1) is 12.6 Å². The molecule has 126 valence electrons. The largest absolute Gasteiger partial charge is 0.376 e. The third kappa shape index (κ3) is 4.02. The van der Waals surface area contributed by atoms with Gasteiger partial charge in [0.15, 0.2) is 5.96 Å². The van der Waals surface area contributed by atoms with Gasteiger partial charge in [-0.15, -0.1) is 0 Å². The first-order valence-corrected chi connectivity index (χ1v) is 8.59. The van der Waals surface area contributed by atoms with E-state index in [1.165, 1.54) is 30.5 Å². The number of ether oxygens (including phenoxy) is 1. The van der Waals surface area contributed by atoms with E-state index in [0.29, 0.717) is 12.5 Å². The summed E-state index contributed by atoms with van der Waals surface area (Å²) >= 11 is 0. The molecule has 0 amide bonds. The normalized spacial score (nSPS) is 24.0. The van der Waals surface area contributed by atoms with Crippen molar-refractivity contribution in [3.8, 4) is 0 Å². The zero-order valence-corrected chi connectivity index (χ0v) is 13.6. The molecule has 5 heteroatoms. The average Bonchev–Trinajstić information content (AvgIpc) is 3.24. The Balaban J connectivity index is 1.62. The summed E-state index contributed by atoms with van der Waals surface area (Å²) in [5.41, 5.74) is 7.19. The maximum absolute atomic E-state index is 13.2. The van der Waals surface area contributed by atoms with E-state index in [-0.39, 0.29) is 17.3 Å². The average molecular weight is 319 g/mol. The van der Waals surface area contributed by atoms with Gasteiger partial charge in [0.25, 0.3) is 0 Å². The molecule has 1 aliphatic carbocycles.